The van der Waals surface area contributed by atoms with Crippen molar-refractivity contribution in [3.05, 3.63) is 37.0 Å². The second kappa shape index (κ2) is 14.0. The van der Waals surface area contributed by atoms with Crippen LogP contribution in [-0.2, 0) is 19.1 Å². The predicted octanol–water partition coefficient (Wildman–Crippen LogP) is 1.74. The minimum atomic E-state index is -0.990. The van der Waals surface area contributed by atoms with Gasteiger partial charge in [0, 0.05) is 23.6 Å². The monoisotopic (exact) mass is 302 g/mol. The SMILES string of the molecule is C=C(C)C(=O)O.C=C(C)C(=O)O.C=CC(=O)OC(O)CC. The molecule has 0 bridgehead atoms. The Morgan fingerprint density at radius 1 is 1.10 bits per heavy atom. The van der Waals surface area contributed by atoms with Crippen LogP contribution in [0, 0.1) is 0 Å². The zero-order valence-corrected chi connectivity index (χ0v) is 12.5. The highest BCUT2D eigenvalue weighted by atomic mass is 16.6. The van der Waals surface area contributed by atoms with Gasteiger partial charge in [-0.3, -0.25) is 0 Å². The highest BCUT2D eigenvalue weighted by Gasteiger charge is 2.02. The molecule has 0 saturated heterocycles. The Kier molecular flexibility index (Phi) is 15.8. The number of hydrogen-bond acceptors (Lipinski definition) is 5. The molecular weight excluding hydrogens is 280 g/mol. The zero-order valence-electron chi connectivity index (χ0n) is 12.5. The Labute approximate surface area is 123 Å². The van der Waals surface area contributed by atoms with E-state index in [1.807, 2.05) is 0 Å². The summed E-state index contributed by atoms with van der Waals surface area (Å²) in [4.78, 5) is 29.5. The molecule has 0 saturated carbocycles. The van der Waals surface area contributed by atoms with E-state index in [0.717, 1.165) is 6.08 Å². The van der Waals surface area contributed by atoms with E-state index in [1.165, 1.54) is 13.8 Å². The van der Waals surface area contributed by atoms with E-state index in [0.29, 0.717) is 6.42 Å². The number of hydrogen-bond donors (Lipinski definition) is 3. The molecule has 0 amide bonds. The van der Waals surface area contributed by atoms with Gasteiger partial charge in [0.05, 0.1) is 0 Å². The molecule has 0 spiro atoms. The third-order valence-electron chi connectivity index (χ3n) is 1.50. The molecule has 0 aliphatic rings. The van der Waals surface area contributed by atoms with Crippen molar-refractivity contribution in [2.75, 3.05) is 0 Å². The summed E-state index contributed by atoms with van der Waals surface area (Å²) in [7, 11) is 0. The number of carboxylic acids is 2. The third-order valence-corrected chi connectivity index (χ3v) is 1.50. The second-order valence-electron chi connectivity index (χ2n) is 3.67. The maximum absolute atomic E-state index is 10.3. The number of rotatable bonds is 5. The maximum Gasteiger partial charge on any atom is 0.332 e. The van der Waals surface area contributed by atoms with E-state index in [2.05, 4.69) is 24.5 Å². The lowest BCUT2D eigenvalue weighted by atomic mass is 10.4. The van der Waals surface area contributed by atoms with Gasteiger partial charge in [0.15, 0.2) is 0 Å². The van der Waals surface area contributed by atoms with Gasteiger partial charge in [-0.15, -0.1) is 0 Å². The fraction of sp³-hybridized carbons (Fsp3) is 0.357. The van der Waals surface area contributed by atoms with Gasteiger partial charge in [-0.1, -0.05) is 26.7 Å². The number of aliphatic carboxylic acids is 2. The normalized spacial score (nSPS) is 9.52. The zero-order chi connectivity index (χ0) is 17.6. The first kappa shape index (κ1) is 23.7. The fourth-order valence-corrected chi connectivity index (χ4v) is 0.266. The summed E-state index contributed by atoms with van der Waals surface area (Å²) in [6, 6.07) is 0. The molecule has 7 nitrogen and oxygen atoms in total. The van der Waals surface area contributed by atoms with Gasteiger partial charge in [-0.25, -0.2) is 14.4 Å². The molecule has 1 unspecified atom stereocenters. The van der Waals surface area contributed by atoms with Gasteiger partial charge in [-0.2, -0.15) is 0 Å². The minimum absolute atomic E-state index is 0.176. The van der Waals surface area contributed by atoms with Gasteiger partial charge in [0.2, 0.25) is 6.29 Å². The molecular formula is C14H22O7. The number of carboxylic acid groups (broad SMARTS) is 2. The van der Waals surface area contributed by atoms with Gasteiger partial charge in [0.25, 0.3) is 0 Å². The Morgan fingerprint density at radius 2 is 1.38 bits per heavy atom. The smallest absolute Gasteiger partial charge is 0.332 e. The largest absolute Gasteiger partial charge is 0.478 e. The molecule has 120 valence electrons. The number of aliphatic hydroxyl groups excluding tert-OH is 1. The van der Waals surface area contributed by atoms with Crippen molar-refractivity contribution in [2.24, 2.45) is 0 Å². The van der Waals surface area contributed by atoms with Crippen LogP contribution >= 0.6 is 0 Å². The molecule has 7 heteroatoms. The summed E-state index contributed by atoms with van der Waals surface area (Å²) in [5, 5.41) is 24.5. The summed E-state index contributed by atoms with van der Waals surface area (Å²) >= 11 is 0. The Bertz CT molecular complexity index is 348. The molecule has 0 aromatic heterocycles. The van der Waals surface area contributed by atoms with Crippen LogP contribution in [0.5, 0.6) is 0 Å². The van der Waals surface area contributed by atoms with Crippen molar-refractivity contribution < 1.29 is 34.4 Å². The summed E-state index contributed by atoms with van der Waals surface area (Å²) < 4.78 is 4.35. The molecule has 21 heavy (non-hydrogen) atoms. The summed E-state index contributed by atoms with van der Waals surface area (Å²) in [6.07, 6.45) is 0.425. The number of ether oxygens (including phenoxy) is 1. The summed E-state index contributed by atoms with van der Waals surface area (Å²) in [5.41, 5.74) is 0.352. The second-order valence-corrected chi connectivity index (χ2v) is 3.67. The van der Waals surface area contributed by atoms with Gasteiger partial charge < -0.3 is 20.1 Å². The lowest BCUT2D eigenvalue weighted by Gasteiger charge is -2.05. The molecule has 0 radical (unpaired) electrons. The van der Waals surface area contributed by atoms with Crippen molar-refractivity contribution in [2.45, 2.75) is 33.5 Å². The first-order valence-corrected chi connectivity index (χ1v) is 5.78. The first-order chi connectivity index (χ1) is 9.49. The number of carbonyl (C=O) groups excluding carboxylic acids is 1. The van der Waals surface area contributed by atoms with Crippen molar-refractivity contribution >= 4 is 17.9 Å². The molecule has 0 aromatic carbocycles. The van der Waals surface area contributed by atoms with Crippen LogP contribution in [0.25, 0.3) is 0 Å². The van der Waals surface area contributed by atoms with Gasteiger partial charge >= 0.3 is 17.9 Å². The van der Waals surface area contributed by atoms with Crippen LogP contribution in [0.2, 0.25) is 0 Å². The number of carbonyl (C=O) groups is 3. The van der Waals surface area contributed by atoms with Crippen molar-refractivity contribution in [3.8, 4) is 0 Å². The topological polar surface area (TPSA) is 121 Å². The lowest BCUT2D eigenvalue weighted by Crippen LogP contribution is -2.14. The van der Waals surface area contributed by atoms with E-state index < -0.39 is 24.2 Å². The van der Waals surface area contributed by atoms with Crippen molar-refractivity contribution in [1.29, 1.82) is 0 Å². The maximum atomic E-state index is 10.3. The first-order valence-electron chi connectivity index (χ1n) is 5.78. The Hall–Kier alpha value is -2.41. The van der Waals surface area contributed by atoms with Crippen molar-refractivity contribution in [1.82, 2.24) is 0 Å². The van der Waals surface area contributed by atoms with Gasteiger partial charge in [0.1, 0.15) is 0 Å². The molecule has 0 aliphatic heterocycles. The summed E-state index contributed by atoms with van der Waals surface area (Å²) in [6.45, 7) is 14.1. The minimum Gasteiger partial charge on any atom is -0.478 e. The van der Waals surface area contributed by atoms with Crippen LogP contribution in [0.15, 0.2) is 37.0 Å². The van der Waals surface area contributed by atoms with Gasteiger partial charge in [-0.05, 0) is 13.8 Å². The van der Waals surface area contributed by atoms with Crippen LogP contribution < -0.4 is 0 Å². The highest BCUT2D eigenvalue weighted by Crippen LogP contribution is 1.92. The quantitative estimate of drug-likeness (QED) is 0.401. The average molecular weight is 302 g/mol. The lowest BCUT2D eigenvalue weighted by molar-refractivity contribution is -0.161. The number of aliphatic hydroxyl groups is 1. The molecule has 3 N–H and O–H groups in total. The standard InChI is InChI=1S/C6H10O3.2C4H6O2/c1-3-5(7)9-6(8)4-2;2*1-3(2)4(5)6/h3,6,8H,1,4H2,2H3;2*1H2,2H3,(H,5,6). The molecule has 1 atom stereocenters. The molecule has 0 fully saturated rings. The van der Waals surface area contributed by atoms with E-state index in [9.17, 15) is 14.4 Å². The predicted molar refractivity (Wildman–Crippen MR) is 77.5 cm³/mol. The summed E-state index contributed by atoms with van der Waals surface area (Å²) in [5.74, 6) is -2.46. The van der Waals surface area contributed by atoms with E-state index in [1.54, 1.807) is 6.92 Å². The molecule has 0 aliphatic carbocycles. The number of esters is 1. The van der Waals surface area contributed by atoms with E-state index >= 15 is 0 Å². The van der Waals surface area contributed by atoms with Crippen LogP contribution in [0.4, 0.5) is 0 Å². The van der Waals surface area contributed by atoms with Crippen molar-refractivity contribution in [3.63, 3.8) is 0 Å². The fourth-order valence-electron chi connectivity index (χ4n) is 0.266. The highest BCUT2D eigenvalue weighted by molar-refractivity contribution is 5.85. The van der Waals surface area contributed by atoms with Crippen LogP contribution in [0.3, 0.4) is 0 Å². The Balaban J connectivity index is -0.000000240. The third kappa shape index (κ3) is 23.1. The van der Waals surface area contributed by atoms with Crippen LogP contribution in [-0.4, -0.2) is 39.5 Å². The van der Waals surface area contributed by atoms with E-state index in [-0.39, 0.29) is 11.1 Å². The molecule has 0 aromatic rings. The van der Waals surface area contributed by atoms with E-state index in [4.69, 9.17) is 15.3 Å². The van der Waals surface area contributed by atoms with Crippen LogP contribution in [0.1, 0.15) is 27.2 Å². The Morgan fingerprint density at radius 3 is 1.52 bits per heavy atom. The molecule has 0 rings (SSSR count). The average Bonchev–Trinajstić information content (AvgIpc) is 2.39. The molecule has 0 heterocycles.